The SMILES string of the molecule is COCCCN(C(=O)c1ccc(-c2cccc(C(F)(F)F)c2)o1)C1CCS(=O)(=O)C1. The third-order valence-electron chi connectivity index (χ3n) is 4.95. The highest BCUT2D eigenvalue weighted by Crippen LogP contribution is 2.33. The van der Waals surface area contributed by atoms with Gasteiger partial charge in [-0.05, 0) is 37.1 Å². The predicted molar refractivity (Wildman–Crippen MR) is 104 cm³/mol. The number of nitrogens with zero attached hydrogens (tertiary/aromatic N) is 1. The minimum atomic E-state index is -4.49. The minimum Gasteiger partial charge on any atom is -0.451 e. The quantitative estimate of drug-likeness (QED) is 0.609. The van der Waals surface area contributed by atoms with Crippen LogP contribution in [0.3, 0.4) is 0 Å². The summed E-state index contributed by atoms with van der Waals surface area (Å²) in [5.74, 6) is -0.525. The summed E-state index contributed by atoms with van der Waals surface area (Å²) >= 11 is 0. The number of furan rings is 1. The zero-order chi connectivity index (χ0) is 21.9. The summed E-state index contributed by atoms with van der Waals surface area (Å²) in [6, 6.07) is 6.99. The van der Waals surface area contributed by atoms with E-state index in [-0.39, 0.29) is 35.1 Å². The molecule has 2 heterocycles. The second-order valence-electron chi connectivity index (χ2n) is 7.14. The molecule has 10 heteroatoms. The highest BCUT2D eigenvalue weighted by molar-refractivity contribution is 7.91. The van der Waals surface area contributed by atoms with E-state index in [1.165, 1.54) is 36.3 Å². The zero-order valence-electron chi connectivity index (χ0n) is 16.3. The van der Waals surface area contributed by atoms with Gasteiger partial charge < -0.3 is 14.1 Å². The van der Waals surface area contributed by atoms with Gasteiger partial charge in [0.05, 0.1) is 17.1 Å². The van der Waals surface area contributed by atoms with Crippen molar-refractivity contribution in [2.45, 2.75) is 25.1 Å². The number of alkyl halides is 3. The molecular formula is C20H22F3NO5S. The lowest BCUT2D eigenvalue weighted by Gasteiger charge is -2.27. The molecular weight excluding hydrogens is 423 g/mol. The Kier molecular flexibility index (Phi) is 6.56. The summed E-state index contributed by atoms with van der Waals surface area (Å²) in [5, 5.41) is 0. The summed E-state index contributed by atoms with van der Waals surface area (Å²) in [5.41, 5.74) is -0.625. The maximum absolute atomic E-state index is 13.0. The maximum Gasteiger partial charge on any atom is 0.416 e. The first-order chi connectivity index (χ1) is 14.1. The molecule has 1 aliphatic heterocycles. The number of methoxy groups -OCH3 is 1. The molecule has 0 spiro atoms. The van der Waals surface area contributed by atoms with Gasteiger partial charge in [0, 0.05) is 31.9 Å². The Balaban J connectivity index is 1.83. The fourth-order valence-corrected chi connectivity index (χ4v) is 5.18. The number of sulfone groups is 1. The molecule has 0 radical (unpaired) electrons. The summed E-state index contributed by atoms with van der Waals surface area (Å²) in [7, 11) is -1.68. The molecule has 1 fully saturated rings. The van der Waals surface area contributed by atoms with Crippen LogP contribution in [0.2, 0.25) is 0 Å². The van der Waals surface area contributed by atoms with Crippen molar-refractivity contribution in [3.8, 4) is 11.3 Å². The van der Waals surface area contributed by atoms with Crippen LogP contribution in [0.25, 0.3) is 11.3 Å². The van der Waals surface area contributed by atoms with Crippen LogP contribution in [-0.4, -0.2) is 57.0 Å². The third-order valence-corrected chi connectivity index (χ3v) is 6.70. The van der Waals surface area contributed by atoms with E-state index in [4.69, 9.17) is 9.15 Å². The normalized spacial score (nSPS) is 18.5. The topological polar surface area (TPSA) is 76.8 Å². The molecule has 0 saturated carbocycles. The molecule has 1 aromatic heterocycles. The molecule has 1 aromatic carbocycles. The number of rotatable bonds is 7. The fourth-order valence-electron chi connectivity index (χ4n) is 3.45. The number of carbonyl (C=O) groups is 1. The molecule has 1 aliphatic rings. The van der Waals surface area contributed by atoms with Gasteiger partial charge in [0.15, 0.2) is 15.6 Å². The standard InChI is InChI=1S/C20H22F3NO5S/c1-28-10-3-9-24(16-8-11-30(26,27)13-16)19(25)18-7-6-17(29-18)14-4-2-5-15(12-14)20(21,22)23/h2,4-7,12,16H,3,8-11,13H2,1H3. The van der Waals surface area contributed by atoms with Crippen molar-refractivity contribution in [3.05, 3.63) is 47.7 Å². The van der Waals surface area contributed by atoms with Crippen molar-refractivity contribution < 1.29 is 35.5 Å². The van der Waals surface area contributed by atoms with Gasteiger partial charge in [-0.3, -0.25) is 4.79 Å². The zero-order valence-corrected chi connectivity index (χ0v) is 17.1. The van der Waals surface area contributed by atoms with E-state index in [1.807, 2.05) is 0 Å². The van der Waals surface area contributed by atoms with Crippen LogP contribution < -0.4 is 0 Å². The summed E-state index contributed by atoms with van der Waals surface area (Å²) in [4.78, 5) is 14.5. The van der Waals surface area contributed by atoms with E-state index in [0.717, 1.165) is 12.1 Å². The Morgan fingerprint density at radius 2 is 2.03 bits per heavy atom. The van der Waals surface area contributed by atoms with E-state index in [2.05, 4.69) is 0 Å². The molecule has 2 aromatic rings. The lowest BCUT2D eigenvalue weighted by Crippen LogP contribution is -2.42. The van der Waals surface area contributed by atoms with Crippen LogP contribution in [0.15, 0.2) is 40.8 Å². The van der Waals surface area contributed by atoms with Crippen molar-refractivity contribution in [2.75, 3.05) is 31.8 Å². The summed E-state index contributed by atoms with van der Waals surface area (Å²) in [6.45, 7) is 0.684. The minimum absolute atomic E-state index is 0.0133. The van der Waals surface area contributed by atoms with Crippen LogP contribution in [-0.2, 0) is 20.8 Å². The van der Waals surface area contributed by atoms with Gasteiger partial charge in [0.2, 0.25) is 0 Å². The first-order valence-electron chi connectivity index (χ1n) is 9.38. The van der Waals surface area contributed by atoms with E-state index < -0.39 is 33.5 Å². The lowest BCUT2D eigenvalue weighted by molar-refractivity contribution is -0.137. The van der Waals surface area contributed by atoms with Crippen LogP contribution in [0.1, 0.15) is 29.0 Å². The van der Waals surface area contributed by atoms with Gasteiger partial charge in [-0.25, -0.2) is 8.42 Å². The van der Waals surface area contributed by atoms with Crippen molar-refractivity contribution in [2.24, 2.45) is 0 Å². The fraction of sp³-hybridized carbons (Fsp3) is 0.450. The number of amides is 1. The summed E-state index contributed by atoms with van der Waals surface area (Å²) in [6.07, 6.45) is -3.64. The number of ether oxygens (including phenoxy) is 1. The van der Waals surface area contributed by atoms with E-state index in [1.54, 1.807) is 0 Å². The molecule has 1 unspecified atom stereocenters. The molecule has 1 atom stereocenters. The Bertz CT molecular complexity index is 1000. The molecule has 30 heavy (non-hydrogen) atoms. The number of benzene rings is 1. The average Bonchev–Trinajstić information content (AvgIpc) is 3.31. The van der Waals surface area contributed by atoms with E-state index in [9.17, 15) is 26.4 Å². The lowest BCUT2D eigenvalue weighted by atomic mass is 10.1. The molecule has 6 nitrogen and oxygen atoms in total. The smallest absolute Gasteiger partial charge is 0.416 e. The Morgan fingerprint density at radius 3 is 2.67 bits per heavy atom. The Labute approximate surface area is 172 Å². The van der Waals surface area contributed by atoms with Gasteiger partial charge in [0.25, 0.3) is 5.91 Å². The van der Waals surface area contributed by atoms with Gasteiger partial charge in [-0.15, -0.1) is 0 Å². The van der Waals surface area contributed by atoms with Gasteiger partial charge >= 0.3 is 6.18 Å². The second-order valence-corrected chi connectivity index (χ2v) is 9.37. The first-order valence-corrected chi connectivity index (χ1v) is 11.2. The molecule has 3 rings (SSSR count). The Hall–Kier alpha value is -2.33. The highest BCUT2D eigenvalue weighted by atomic mass is 32.2. The van der Waals surface area contributed by atoms with Crippen molar-refractivity contribution in [1.29, 1.82) is 0 Å². The largest absolute Gasteiger partial charge is 0.451 e. The van der Waals surface area contributed by atoms with E-state index >= 15 is 0 Å². The third kappa shape index (κ3) is 5.23. The highest BCUT2D eigenvalue weighted by Gasteiger charge is 2.36. The van der Waals surface area contributed by atoms with Crippen molar-refractivity contribution in [3.63, 3.8) is 0 Å². The Morgan fingerprint density at radius 1 is 1.27 bits per heavy atom. The number of hydrogen-bond acceptors (Lipinski definition) is 5. The number of halogens is 3. The van der Waals surface area contributed by atoms with Crippen LogP contribution in [0.4, 0.5) is 13.2 Å². The van der Waals surface area contributed by atoms with Gasteiger partial charge in [0.1, 0.15) is 5.76 Å². The molecule has 1 saturated heterocycles. The number of carbonyl (C=O) groups excluding carboxylic acids is 1. The van der Waals surface area contributed by atoms with Crippen LogP contribution in [0.5, 0.6) is 0 Å². The second kappa shape index (κ2) is 8.81. The molecule has 1 amide bonds. The molecule has 0 bridgehead atoms. The number of hydrogen-bond donors (Lipinski definition) is 0. The predicted octanol–water partition coefficient (Wildman–Crippen LogP) is 3.63. The average molecular weight is 445 g/mol. The molecule has 164 valence electrons. The maximum atomic E-state index is 13.0. The monoisotopic (exact) mass is 445 g/mol. The van der Waals surface area contributed by atoms with Crippen molar-refractivity contribution >= 4 is 15.7 Å². The van der Waals surface area contributed by atoms with Crippen LogP contribution >= 0.6 is 0 Å². The van der Waals surface area contributed by atoms with Crippen LogP contribution in [0, 0.1) is 0 Å². The summed E-state index contributed by atoms with van der Waals surface area (Å²) < 4.78 is 73.2. The first kappa shape index (κ1) is 22.4. The molecule has 0 aliphatic carbocycles. The van der Waals surface area contributed by atoms with E-state index in [0.29, 0.717) is 19.4 Å². The molecule has 0 N–H and O–H groups in total. The van der Waals surface area contributed by atoms with Gasteiger partial charge in [-0.2, -0.15) is 13.2 Å². The van der Waals surface area contributed by atoms with Gasteiger partial charge in [-0.1, -0.05) is 12.1 Å². The van der Waals surface area contributed by atoms with Crippen molar-refractivity contribution in [1.82, 2.24) is 4.90 Å².